The summed E-state index contributed by atoms with van der Waals surface area (Å²) in [6, 6.07) is 14.0. The lowest BCUT2D eigenvalue weighted by Gasteiger charge is -2.11. The number of hydrogen-bond donors (Lipinski definition) is 1. The summed E-state index contributed by atoms with van der Waals surface area (Å²) < 4.78 is 12.4. The van der Waals surface area contributed by atoms with Crippen LogP contribution in [0.3, 0.4) is 0 Å². The van der Waals surface area contributed by atoms with E-state index >= 15 is 0 Å². The van der Waals surface area contributed by atoms with Crippen LogP contribution in [-0.2, 0) is 16.1 Å². The number of esters is 1. The number of ether oxygens (including phenoxy) is 1. The quantitative estimate of drug-likeness (QED) is 0.208. The molecule has 0 saturated carbocycles. The molecular weight excluding hydrogens is 454 g/mol. The van der Waals surface area contributed by atoms with Crippen molar-refractivity contribution in [2.75, 3.05) is 17.7 Å². The van der Waals surface area contributed by atoms with E-state index in [4.69, 9.17) is 14.1 Å². The summed E-state index contributed by atoms with van der Waals surface area (Å²) in [5.74, 6) is -0.680. The fourth-order valence-corrected chi connectivity index (χ4v) is 4.36. The highest BCUT2D eigenvalue weighted by atomic mass is 32.2. The van der Waals surface area contributed by atoms with Crippen LogP contribution < -0.4 is 10.9 Å². The van der Waals surface area contributed by atoms with Crippen LogP contribution >= 0.6 is 11.8 Å². The van der Waals surface area contributed by atoms with E-state index in [0.29, 0.717) is 34.1 Å². The molecule has 4 aromatic rings. The second-order valence-corrected chi connectivity index (χ2v) is 8.56. The molecule has 0 unspecified atom stereocenters. The highest BCUT2D eigenvalue weighted by Gasteiger charge is 2.18. The molecule has 1 amide bonds. The molecule has 34 heavy (non-hydrogen) atoms. The molecule has 0 fully saturated rings. The zero-order chi connectivity index (χ0) is 24.1. The molecule has 4 rings (SSSR count). The smallest absolute Gasteiger partial charge is 0.338 e. The number of amides is 1. The molecule has 176 valence electrons. The van der Waals surface area contributed by atoms with Crippen LogP contribution in [0.5, 0.6) is 0 Å². The molecule has 9 heteroatoms. The lowest BCUT2D eigenvalue weighted by Crippen LogP contribution is -2.24. The van der Waals surface area contributed by atoms with E-state index in [1.54, 1.807) is 41.8 Å². The molecular formula is C25H25N3O5S. The highest BCUT2D eigenvalue weighted by Crippen LogP contribution is 2.27. The number of anilines is 1. The van der Waals surface area contributed by atoms with Crippen LogP contribution in [-0.4, -0.2) is 33.8 Å². The molecule has 1 N–H and O–H groups in total. The van der Waals surface area contributed by atoms with E-state index in [2.05, 4.69) is 5.32 Å². The lowest BCUT2D eigenvalue weighted by atomic mass is 10.2. The summed E-state index contributed by atoms with van der Waals surface area (Å²) in [6.07, 6.45) is 1.71. The first-order valence-electron chi connectivity index (χ1n) is 11.1. The summed E-state index contributed by atoms with van der Waals surface area (Å²) in [6.45, 7) is 4.54. The predicted molar refractivity (Wildman–Crippen MR) is 132 cm³/mol. The second kappa shape index (κ2) is 10.6. The number of rotatable bonds is 9. The van der Waals surface area contributed by atoms with Gasteiger partial charge in [-0.15, -0.1) is 0 Å². The summed E-state index contributed by atoms with van der Waals surface area (Å²) in [5, 5.41) is 4.02. The fraction of sp³-hybridized carbons (Fsp3) is 0.280. The Bertz CT molecular complexity index is 1410. The van der Waals surface area contributed by atoms with Crippen LogP contribution in [0, 0.1) is 0 Å². The Balaban J connectivity index is 1.57. The van der Waals surface area contributed by atoms with Gasteiger partial charge in [0.2, 0.25) is 11.5 Å². The minimum Gasteiger partial charge on any atom is -0.462 e. The van der Waals surface area contributed by atoms with Crippen molar-refractivity contribution in [2.45, 2.75) is 38.4 Å². The first-order chi connectivity index (χ1) is 16.5. The second-order valence-electron chi connectivity index (χ2n) is 7.62. The van der Waals surface area contributed by atoms with Gasteiger partial charge in [0.05, 0.1) is 17.9 Å². The largest absolute Gasteiger partial charge is 0.462 e. The molecule has 0 atom stereocenters. The molecule has 2 heterocycles. The maximum atomic E-state index is 13.2. The molecule has 0 bridgehead atoms. The summed E-state index contributed by atoms with van der Waals surface area (Å²) in [4.78, 5) is 42.5. The number of nitrogens with one attached hydrogen (secondary N) is 1. The topological polar surface area (TPSA) is 103 Å². The number of fused-ring (bicyclic) bond motifs is 3. The molecule has 2 aromatic carbocycles. The van der Waals surface area contributed by atoms with Gasteiger partial charge in [-0.25, -0.2) is 9.78 Å². The third kappa shape index (κ3) is 4.99. The van der Waals surface area contributed by atoms with Gasteiger partial charge in [-0.1, -0.05) is 43.3 Å². The van der Waals surface area contributed by atoms with Gasteiger partial charge >= 0.3 is 5.97 Å². The summed E-state index contributed by atoms with van der Waals surface area (Å²) >= 11 is 1.19. The molecule has 0 aliphatic heterocycles. The number of aromatic nitrogens is 2. The van der Waals surface area contributed by atoms with Gasteiger partial charge in [-0.3, -0.25) is 14.2 Å². The van der Waals surface area contributed by atoms with Crippen molar-refractivity contribution in [3.8, 4) is 0 Å². The zero-order valence-corrected chi connectivity index (χ0v) is 19.8. The number of carbonyl (C=O) groups excluding carboxylic acids is 2. The fourth-order valence-electron chi connectivity index (χ4n) is 3.54. The van der Waals surface area contributed by atoms with Crippen LogP contribution in [0.15, 0.2) is 62.9 Å². The van der Waals surface area contributed by atoms with Crippen molar-refractivity contribution in [1.29, 1.82) is 0 Å². The normalized spacial score (nSPS) is 11.1. The Kier molecular flexibility index (Phi) is 7.32. The van der Waals surface area contributed by atoms with Crippen molar-refractivity contribution < 1.29 is 18.7 Å². The zero-order valence-electron chi connectivity index (χ0n) is 19.0. The SMILES string of the molecule is CCCCn1c(SCC(=O)Nc2cccc(C(=O)OCC)c2)nc2c(oc3ccccc32)c1=O. The Morgan fingerprint density at radius 2 is 1.97 bits per heavy atom. The number of benzene rings is 2. The molecule has 0 spiro atoms. The van der Waals surface area contributed by atoms with Crippen LogP contribution in [0.1, 0.15) is 37.0 Å². The van der Waals surface area contributed by atoms with E-state index in [1.165, 1.54) is 11.8 Å². The molecule has 2 aromatic heterocycles. The van der Waals surface area contributed by atoms with E-state index in [9.17, 15) is 14.4 Å². The molecule has 0 saturated heterocycles. The van der Waals surface area contributed by atoms with Crippen molar-refractivity contribution in [3.63, 3.8) is 0 Å². The Hall–Kier alpha value is -3.59. The van der Waals surface area contributed by atoms with Gasteiger partial charge in [0, 0.05) is 17.6 Å². The van der Waals surface area contributed by atoms with Crippen LogP contribution in [0.25, 0.3) is 22.1 Å². The first kappa shape index (κ1) is 23.6. The number of hydrogen-bond acceptors (Lipinski definition) is 7. The predicted octanol–water partition coefficient (Wildman–Crippen LogP) is 4.85. The third-order valence-corrected chi connectivity index (χ3v) is 6.15. The number of thioether (sulfide) groups is 1. The number of carbonyl (C=O) groups is 2. The number of para-hydroxylation sites is 1. The van der Waals surface area contributed by atoms with Gasteiger partial charge in [0.1, 0.15) is 11.1 Å². The summed E-state index contributed by atoms with van der Waals surface area (Å²) in [7, 11) is 0. The molecule has 0 radical (unpaired) electrons. The van der Waals surface area contributed by atoms with Gasteiger partial charge in [0.25, 0.3) is 5.56 Å². The van der Waals surface area contributed by atoms with Crippen molar-refractivity contribution in [2.24, 2.45) is 0 Å². The van der Waals surface area contributed by atoms with E-state index in [0.717, 1.165) is 18.2 Å². The van der Waals surface area contributed by atoms with Gasteiger partial charge < -0.3 is 14.5 Å². The Labute approximate surface area is 200 Å². The Morgan fingerprint density at radius 1 is 1.15 bits per heavy atom. The minimum atomic E-state index is -0.447. The van der Waals surface area contributed by atoms with Crippen molar-refractivity contribution in [1.82, 2.24) is 9.55 Å². The maximum Gasteiger partial charge on any atom is 0.338 e. The molecule has 0 aliphatic rings. The number of unbranched alkanes of at least 4 members (excludes halogenated alkanes) is 1. The monoisotopic (exact) mass is 479 g/mol. The minimum absolute atomic E-state index is 0.0451. The average molecular weight is 480 g/mol. The van der Waals surface area contributed by atoms with Crippen molar-refractivity contribution in [3.05, 3.63) is 64.4 Å². The van der Waals surface area contributed by atoms with E-state index < -0.39 is 5.97 Å². The van der Waals surface area contributed by atoms with Gasteiger partial charge in [-0.2, -0.15) is 0 Å². The van der Waals surface area contributed by atoms with Crippen LogP contribution in [0.4, 0.5) is 5.69 Å². The number of nitrogens with zero attached hydrogens (tertiary/aromatic N) is 2. The Morgan fingerprint density at radius 3 is 2.76 bits per heavy atom. The van der Waals surface area contributed by atoms with E-state index in [-0.39, 0.29) is 29.4 Å². The third-order valence-electron chi connectivity index (χ3n) is 5.17. The molecule has 0 aliphatic carbocycles. The first-order valence-corrected chi connectivity index (χ1v) is 12.1. The van der Waals surface area contributed by atoms with E-state index in [1.807, 2.05) is 25.1 Å². The maximum absolute atomic E-state index is 13.2. The lowest BCUT2D eigenvalue weighted by molar-refractivity contribution is -0.113. The van der Waals surface area contributed by atoms with Crippen LogP contribution in [0.2, 0.25) is 0 Å². The molecule has 8 nitrogen and oxygen atoms in total. The van der Waals surface area contributed by atoms with Crippen molar-refractivity contribution >= 4 is 51.4 Å². The van der Waals surface area contributed by atoms with Gasteiger partial charge in [-0.05, 0) is 43.7 Å². The highest BCUT2D eigenvalue weighted by molar-refractivity contribution is 7.99. The summed E-state index contributed by atoms with van der Waals surface area (Å²) in [5.41, 5.74) is 1.92. The standard InChI is InChI=1S/C25H25N3O5S/c1-3-5-13-28-23(30)22-21(18-11-6-7-12-19(18)33-22)27-25(28)34-15-20(29)26-17-10-8-9-16(14-17)24(31)32-4-2/h6-12,14H,3-5,13,15H2,1-2H3,(H,26,29). The average Bonchev–Trinajstić information content (AvgIpc) is 3.21. The van der Waals surface area contributed by atoms with Gasteiger partial charge in [0.15, 0.2) is 5.16 Å². The number of furan rings is 1.